The van der Waals surface area contributed by atoms with Gasteiger partial charge in [-0.05, 0) is 36.8 Å². The van der Waals surface area contributed by atoms with Crippen LogP contribution in [0.25, 0.3) is 0 Å². The molecule has 1 spiro atoms. The molecule has 2 aromatic rings. The van der Waals surface area contributed by atoms with Gasteiger partial charge in [-0.2, -0.15) is 0 Å². The number of hydrogen-bond donors (Lipinski definition) is 1. The molecule has 3 aliphatic rings. The largest absolute Gasteiger partial charge is 0.486 e. The van der Waals surface area contributed by atoms with Gasteiger partial charge in [0.15, 0.2) is 5.67 Å². The van der Waals surface area contributed by atoms with Crippen LogP contribution in [0.4, 0.5) is 10.2 Å². The molecule has 2 saturated heterocycles. The minimum absolute atomic E-state index is 0.196. The average molecular weight is 496 g/mol. The summed E-state index contributed by atoms with van der Waals surface area (Å²) in [4.78, 5) is 26.3. The predicted octanol–water partition coefficient (Wildman–Crippen LogP) is 3.47. The molecule has 1 amide bonds. The molecule has 0 atom stereocenters. The number of carbonyl (C=O) groups excluding carboxylic acids is 1. The van der Waals surface area contributed by atoms with Crippen LogP contribution in [0.3, 0.4) is 0 Å². The molecule has 1 aromatic heterocycles. The number of carbonyl (C=O) groups is 1. The molecule has 0 radical (unpaired) electrons. The third-order valence-electron chi connectivity index (χ3n) is 7.71. The Morgan fingerprint density at radius 1 is 1.17 bits per heavy atom. The Morgan fingerprint density at radius 3 is 2.61 bits per heavy atom. The summed E-state index contributed by atoms with van der Waals surface area (Å²) in [5.74, 6) is 0.874. The van der Waals surface area contributed by atoms with E-state index < -0.39 is 11.3 Å². The van der Waals surface area contributed by atoms with Crippen molar-refractivity contribution in [2.75, 3.05) is 39.0 Å². The normalized spacial score (nSPS) is 22.2. The molecule has 0 saturated carbocycles. The average Bonchev–Trinajstić information content (AvgIpc) is 2.86. The molecular formula is C27H34FN5O3. The number of nitrogens with two attached hydrogens (primary N) is 1. The summed E-state index contributed by atoms with van der Waals surface area (Å²) in [5, 5.41) is 4.28. The lowest BCUT2D eigenvalue weighted by Crippen LogP contribution is -2.57. The molecule has 9 heteroatoms. The standard InChI is InChI=1S/C27H34FN5O3/c1-19-3-4-23-21(15-19)22(31-35-2)17-26(36-23)6-13-33(14-7-26)25(34)27(28)8-11-32(12-9-27)18-20-5-10-30-24(29)16-20/h3-5,10,15-16H,6-9,11-14,17-18H2,1-2H3,(H2,29,30)/b31-22+. The number of aryl methyl sites for hydroxylation is 1. The number of rotatable bonds is 4. The van der Waals surface area contributed by atoms with Gasteiger partial charge in [-0.1, -0.05) is 16.8 Å². The quantitative estimate of drug-likeness (QED) is 0.653. The maximum absolute atomic E-state index is 15.8. The van der Waals surface area contributed by atoms with Gasteiger partial charge in [0.1, 0.15) is 24.3 Å². The van der Waals surface area contributed by atoms with Crippen molar-refractivity contribution < 1.29 is 18.8 Å². The van der Waals surface area contributed by atoms with Crippen LogP contribution in [-0.2, 0) is 16.2 Å². The van der Waals surface area contributed by atoms with Crippen molar-refractivity contribution in [1.29, 1.82) is 0 Å². The molecule has 2 N–H and O–H groups in total. The molecule has 8 nitrogen and oxygen atoms in total. The van der Waals surface area contributed by atoms with Crippen LogP contribution in [0, 0.1) is 6.92 Å². The summed E-state index contributed by atoms with van der Waals surface area (Å²) < 4.78 is 22.3. The second-order valence-corrected chi connectivity index (χ2v) is 10.3. The van der Waals surface area contributed by atoms with E-state index >= 15 is 4.39 Å². The number of hydrogen-bond acceptors (Lipinski definition) is 7. The highest BCUT2D eigenvalue weighted by molar-refractivity contribution is 6.04. The molecule has 3 aliphatic heterocycles. The highest BCUT2D eigenvalue weighted by atomic mass is 19.1. The summed E-state index contributed by atoms with van der Waals surface area (Å²) in [7, 11) is 1.55. The van der Waals surface area contributed by atoms with Crippen LogP contribution < -0.4 is 10.5 Å². The van der Waals surface area contributed by atoms with E-state index in [1.807, 2.05) is 31.2 Å². The number of pyridine rings is 1. The monoisotopic (exact) mass is 495 g/mol. The van der Waals surface area contributed by atoms with Gasteiger partial charge in [-0.15, -0.1) is 0 Å². The maximum Gasteiger partial charge on any atom is 0.260 e. The third-order valence-corrected chi connectivity index (χ3v) is 7.71. The lowest BCUT2D eigenvalue weighted by atomic mass is 9.81. The van der Waals surface area contributed by atoms with Crippen LogP contribution >= 0.6 is 0 Å². The number of anilines is 1. The van der Waals surface area contributed by atoms with E-state index in [1.165, 1.54) is 0 Å². The zero-order valence-corrected chi connectivity index (χ0v) is 21.0. The number of benzene rings is 1. The number of piperidine rings is 2. The van der Waals surface area contributed by atoms with Crippen LogP contribution in [0.15, 0.2) is 41.7 Å². The van der Waals surface area contributed by atoms with Crippen molar-refractivity contribution in [2.24, 2.45) is 5.16 Å². The SMILES string of the molecule is CO/N=C1\CC2(CCN(C(=O)C3(F)CCN(Cc4ccnc(N)c4)CC3)CC2)Oc2ccc(C)cc21. The van der Waals surface area contributed by atoms with Crippen LogP contribution in [0.2, 0.25) is 0 Å². The van der Waals surface area contributed by atoms with Gasteiger partial charge in [0.25, 0.3) is 5.91 Å². The van der Waals surface area contributed by atoms with Crippen molar-refractivity contribution in [3.05, 3.63) is 53.2 Å². The molecule has 36 heavy (non-hydrogen) atoms. The van der Waals surface area contributed by atoms with Gasteiger partial charge < -0.3 is 20.2 Å². The van der Waals surface area contributed by atoms with E-state index in [0.717, 1.165) is 28.2 Å². The molecule has 192 valence electrons. The van der Waals surface area contributed by atoms with Crippen LogP contribution in [-0.4, -0.2) is 71.0 Å². The number of halogens is 1. The van der Waals surface area contributed by atoms with E-state index in [2.05, 4.69) is 21.1 Å². The minimum Gasteiger partial charge on any atom is -0.486 e. The number of nitrogens with zero attached hydrogens (tertiary/aromatic N) is 4. The molecule has 0 bridgehead atoms. The van der Waals surface area contributed by atoms with E-state index in [9.17, 15) is 4.79 Å². The smallest absolute Gasteiger partial charge is 0.260 e. The van der Waals surface area contributed by atoms with Crippen molar-refractivity contribution in [3.63, 3.8) is 0 Å². The summed E-state index contributed by atoms with van der Waals surface area (Å²) in [6.45, 7) is 4.69. The number of nitrogen functional groups attached to an aromatic ring is 1. The number of alkyl halides is 1. The zero-order valence-electron chi connectivity index (χ0n) is 21.0. The summed E-state index contributed by atoms with van der Waals surface area (Å²) in [6.07, 6.45) is 3.93. The Labute approximate surface area is 211 Å². The van der Waals surface area contributed by atoms with Gasteiger partial charge in [-0.25, -0.2) is 9.37 Å². The summed E-state index contributed by atoms with van der Waals surface area (Å²) >= 11 is 0. The van der Waals surface area contributed by atoms with Gasteiger partial charge >= 0.3 is 0 Å². The Hall–Kier alpha value is -3.20. The first-order valence-corrected chi connectivity index (χ1v) is 12.6. The fourth-order valence-corrected chi connectivity index (χ4v) is 5.63. The molecule has 2 fully saturated rings. The Kier molecular flexibility index (Phi) is 6.59. The van der Waals surface area contributed by atoms with Crippen molar-refractivity contribution >= 4 is 17.4 Å². The lowest BCUT2D eigenvalue weighted by Gasteiger charge is -2.46. The number of amides is 1. The van der Waals surface area contributed by atoms with Gasteiger partial charge in [0.2, 0.25) is 0 Å². The van der Waals surface area contributed by atoms with E-state index in [1.54, 1.807) is 18.2 Å². The first-order valence-electron chi connectivity index (χ1n) is 12.6. The van der Waals surface area contributed by atoms with Crippen molar-refractivity contribution in [3.8, 4) is 5.75 Å². The van der Waals surface area contributed by atoms with Crippen molar-refractivity contribution in [2.45, 2.75) is 56.8 Å². The third kappa shape index (κ3) is 4.89. The lowest BCUT2D eigenvalue weighted by molar-refractivity contribution is -0.151. The fraction of sp³-hybridized carbons (Fsp3) is 0.519. The van der Waals surface area contributed by atoms with E-state index in [0.29, 0.717) is 57.8 Å². The highest BCUT2D eigenvalue weighted by Crippen LogP contribution is 2.41. The van der Waals surface area contributed by atoms with E-state index in [4.69, 9.17) is 15.3 Å². The second kappa shape index (κ2) is 9.69. The number of aromatic nitrogens is 1. The predicted molar refractivity (Wildman–Crippen MR) is 136 cm³/mol. The molecule has 1 aromatic carbocycles. The molecule has 4 heterocycles. The Balaban J connectivity index is 1.20. The second-order valence-electron chi connectivity index (χ2n) is 10.3. The minimum atomic E-state index is -1.82. The first-order chi connectivity index (χ1) is 17.3. The summed E-state index contributed by atoms with van der Waals surface area (Å²) in [5.41, 5.74) is 7.46. The van der Waals surface area contributed by atoms with Crippen molar-refractivity contribution in [1.82, 2.24) is 14.8 Å². The number of fused-ring (bicyclic) bond motifs is 1. The van der Waals surface area contributed by atoms with Gasteiger partial charge in [0.05, 0.1) is 5.71 Å². The molecule has 0 unspecified atom stereocenters. The Morgan fingerprint density at radius 2 is 1.92 bits per heavy atom. The highest BCUT2D eigenvalue weighted by Gasteiger charge is 2.48. The van der Waals surface area contributed by atoms with E-state index in [-0.39, 0.29) is 18.7 Å². The van der Waals surface area contributed by atoms with Crippen LogP contribution in [0.1, 0.15) is 48.8 Å². The topological polar surface area (TPSA) is 93.3 Å². The Bertz CT molecular complexity index is 1150. The molecule has 0 aliphatic carbocycles. The number of ether oxygens (including phenoxy) is 1. The first kappa shape index (κ1) is 24.5. The molecule has 5 rings (SSSR count). The molecular weight excluding hydrogens is 461 g/mol. The zero-order chi connectivity index (χ0) is 25.3. The summed E-state index contributed by atoms with van der Waals surface area (Å²) in [6, 6.07) is 9.80. The van der Waals surface area contributed by atoms with Gasteiger partial charge in [-0.3, -0.25) is 9.69 Å². The number of likely N-dealkylation sites (tertiary alicyclic amines) is 2. The number of oxime groups is 1. The maximum atomic E-state index is 15.8. The van der Waals surface area contributed by atoms with Gasteiger partial charge in [0, 0.05) is 76.6 Å². The van der Waals surface area contributed by atoms with Crippen LogP contribution in [0.5, 0.6) is 5.75 Å². The fourth-order valence-electron chi connectivity index (χ4n) is 5.63.